The van der Waals surface area contributed by atoms with Crippen molar-refractivity contribution in [2.45, 2.75) is 26.7 Å². The van der Waals surface area contributed by atoms with E-state index in [4.69, 9.17) is 9.47 Å². The van der Waals surface area contributed by atoms with E-state index >= 15 is 0 Å². The van der Waals surface area contributed by atoms with E-state index in [1.54, 1.807) is 14.2 Å². The van der Waals surface area contributed by atoms with Crippen LogP contribution in [0.1, 0.15) is 22.3 Å². The van der Waals surface area contributed by atoms with Gasteiger partial charge in [-0.05, 0) is 61.1 Å². The predicted octanol–water partition coefficient (Wildman–Crippen LogP) is 4.11. The van der Waals surface area contributed by atoms with Gasteiger partial charge in [-0.15, -0.1) is 0 Å². The van der Waals surface area contributed by atoms with Crippen molar-refractivity contribution in [3.05, 3.63) is 58.7 Å². The van der Waals surface area contributed by atoms with Crippen LogP contribution in [0.25, 0.3) is 0 Å². The Morgan fingerprint density at radius 1 is 0.700 bits per heavy atom. The van der Waals surface area contributed by atoms with E-state index in [1.165, 1.54) is 22.3 Å². The van der Waals surface area contributed by atoms with Gasteiger partial charge in [0.2, 0.25) is 0 Å². The quantitative estimate of drug-likeness (QED) is 0.814. The number of hydrogen-bond donors (Lipinski definition) is 0. The van der Waals surface area contributed by atoms with Crippen LogP contribution in [0.3, 0.4) is 0 Å². The fourth-order valence-electron chi connectivity index (χ4n) is 2.39. The number of hydrogen-bond acceptors (Lipinski definition) is 2. The molecule has 0 spiro atoms. The summed E-state index contributed by atoms with van der Waals surface area (Å²) >= 11 is 0. The number of ether oxygens (including phenoxy) is 2. The Labute approximate surface area is 121 Å². The van der Waals surface area contributed by atoms with Crippen molar-refractivity contribution < 1.29 is 9.47 Å². The second-order valence-electron chi connectivity index (χ2n) is 5.13. The number of aryl methyl sites for hydroxylation is 4. The summed E-state index contributed by atoms with van der Waals surface area (Å²) in [5.41, 5.74) is 4.92. The maximum Gasteiger partial charge on any atom is 0.122 e. The van der Waals surface area contributed by atoms with Gasteiger partial charge in [0.1, 0.15) is 11.5 Å². The molecule has 0 unspecified atom stereocenters. The molecule has 0 amide bonds. The van der Waals surface area contributed by atoms with E-state index in [1.807, 2.05) is 0 Å². The van der Waals surface area contributed by atoms with Crippen molar-refractivity contribution in [2.75, 3.05) is 14.2 Å². The minimum atomic E-state index is 0.947. The van der Waals surface area contributed by atoms with Gasteiger partial charge in [0.25, 0.3) is 0 Å². The van der Waals surface area contributed by atoms with Crippen molar-refractivity contribution in [2.24, 2.45) is 0 Å². The first-order chi connectivity index (χ1) is 9.63. The smallest absolute Gasteiger partial charge is 0.122 e. The Balaban J connectivity index is 2.16. The Morgan fingerprint density at radius 2 is 1.10 bits per heavy atom. The van der Waals surface area contributed by atoms with Gasteiger partial charge in [-0.25, -0.2) is 0 Å². The minimum Gasteiger partial charge on any atom is -0.496 e. The standard InChI is InChI=1S/C18H22O2/c1-13-5-7-15(17(11-13)19-3)9-10-16-8-6-14(2)12-18(16)20-4/h5-8,11-12H,9-10H2,1-4H3. The monoisotopic (exact) mass is 270 g/mol. The molecule has 0 fully saturated rings. The number of methoxy groups -OCH3 is 2. The molecule has 2 rings (SSSR count). The molecule has 2 aromatic rings. The fourth-order valence-corrected chi connectivity index (χ4v) is 2.39. The maximum atomic E-state index is 5.46. The van der Waals surface area contributed by atoms with Crippen LogP contribution >= 0.6 is 0 Å². The molecular formula is C18H22O2. The van der Waals surface area contributed by atoms with Gasteiger partial charge in [-0.1, -0.05) is 24.3 Å². The van der Waals surface area contributed by atoms with E-state index in [-0.39, 0.29) is 0 Å². The summed E-state index contributed by atoms with van der Waals surface area (Å²) in [5, 5.41) is 0. The lowest BCUT2D eigenvalue weighted by Gasteiger charge is -2.12. The molecule has 0 heterocycles. The largest absolute Gasteiger partial charge is 0.496 e. The zero-order chi connectivity index (χ0) is 14.5. The molecule has 2 heteroatoms. The summed E-state index contributed by atoms with van der Waals surface area (Å²) in [6, 6.07) is 12.7. The van der Waals surface area contributed by atoms with Gasteiger partial charge in [0.05, 0.1) is 14.2 Å². The fraction of sp³-hybridized carbons (Fsp3) is 0.333. The Morgan fingerprint density at radius 3 is 1.45 bits per heavy atom. The highest BCUT2D eigenvalue weighted by atomic mass is 16.5. The Bertz CT molecular complexity index is 534. The molecule has 0 radical (unpaired) electrons. The Hall–Kier alpha value is -1.96. The van der Waals surface area contributed by atoms with E-state index < -0.39 is 0 Å². The van der Waals surface area contributed by atoms with Crippen LogP contribution in [0.15, 0.2) is 36.4 Å². The highest BCUT2D eigenvalue weighted by Crippen LogP contribution is 2.25. The molecule has 2 nitrogen and oxygen atoms in total. The van der Waals surface area contributed by atoms with Gasteiger partial charge in [0, 0.05) is 0 Å². The molecular weight excluding hydrogens is 248 g/mol. The zero-order valence-corrected chi connectivity index (χ0v) is 12.7. The van der Waals surface area contributed by atoms with Gasteiger partial charge in [-0.2, -0.15) is 0 Å². The second kappa shape index (κ2) is 6.47. The normalized spacial score (nSPS) is 10.4. The third-order valence-electron chi connectivity index (χ3n) is 3.55. The van der Waals surface area contributed by atoms with Gasteiger partial charge >= 0.3 is 0 Å². The van der Waals surface area contributed by atoms with Crippen LogP contribution in [-0.2, 0) is 12.8 Å². The molecule has 106 valence electrons. The number of rotatable bonds is 5. The first-order valence-electron chi connectivity index (χ1n) is 6.91. The first-order valence-corrected chi connectivity index (χ1v) is 6.91. The molecule has 0 N–H and O–H groups in total. The first kappa shape index (κ1) is 14.4. The van der Waals surface area contributed by atoms with Crippen molar-refractivity contribution in [3.63, 3.8) is 0 Å². The average molecular weight is 270 g/mol. The van der Waals surface area contributed by atoms with E-state index in [0.29, 0.717) is 0 Å². The van der Waals surface area contributed by atoms with Crippen LogP contribution in [0.4, 0.5) is 0 Å². The third kappa shape index (κ3) is 3.32. The van der Waals surface area contributed by atoms with Crippen molar-refractivity contribution in [3.8, 4) is 11.5 Å². The molecule has 0 saturated carbocycles. The molecule has 0 aliphatic heterocycles. The van der Waals surface area contributed by atoms with Crippen LogP contribution in [0.2, 0.25) is 0 Å². The molecule has 20 heavy (non-hydrogen) atoms. The average Bonchev–Trinajstić information content (AvgIpc) is 2.46. The van der Waals surface area contributed by atoms with Crippen molar-refractivity contribution >= 4 is 0 Å². The lowest BCUT2D eigenvalue weighted by molar-refractivity contribution is 0.405. The summed E-state index contributed by atoms with van der Waals surface area (Å²) in [5.74, 6) is 1.94. The molecule has 2 aromatic carbocycles. The predicted molar refractivity (Wildman–Crippen MR) is 82.9 cm³/mol. The highest BCUT2D eigenvalue weighted by Gasteiger charge is 2.07. The minimum absolute atomic E-state index is 0.947. The topological polar surface area (TPSA) is 18.5 Å². The third-order valence-corrected chi connectivity index (χ3v) is 3.55. The maximum absolute atomic E-state index is 5.46. The summed E-state index contributed by atoms with van der Waals surface area (Å²) in [7, 11) is 3.45. The molecule has 0 bridgehead atoms. The Kier molecular flexibility index (Phi) is 4.67. The zero-order valence-electron chi connectivity index (χ0n) is 12.7. The van der Waals surface area contributed by atoms with Gasteiger partial charge in [0.15, 0.2) is 0 Å². The van der Waals surface area contributed by atoms with E-state index in [2.05, 4.69) is 50.2 Å². The van der Waals surface area contributed by atoms with Gasteiger partial charge < -0.3 is 9.47 Å². The molecule has 0 saturated heterocycles. The van der Waals surface area contributed by atoms with E-state index in [9.17, 15) is 0 Å². The number of benzene rings is 2. The molecule has 0 atom stereocenters. The van der Waals surface area contributed by atoms with Crippen LogP contribution < -0.4 is 9.47 Å². The lowest BCUT2D eigenvalue weighted by atomic mass is 10.0. The summed E-state index contributed by atoms with van der Waals surface area (Å²) in [6.45, 7) is 4.16. The van der Waals surface area contributed by atoms with Crippen LogP contribution in [0, 0.1) is 13.8 Å². The van der Waals surface area contributed by atoms with Crippen molar-refractivity contribution in [1.82, 2.24) is 0 Å². The second-order valence-corrected chi connectivity index (χ2v) is 5.13. The summed E-state index contributed by atoms with van der Waals surface area (Å²) in [4.78, 5) is 0. The van der Waals surface area contributed by atoms with Crippen LogP contribution in [-0.4, -0.2) is 14.2 Å². The SMILES string of the molecule is COc1cc(C)ccc1CCc1ccc(C)cc1OC. The summed E-state index contributed by atoms with van der Waals surface area (Å²) < 4.78 is 10.9. The molecule has 0 aliphatic rings. The van der Waals surface area contributed by atoms with Crippen molar-refractivity contribution in [1.29, 1.82) is 0 Å². The highest BCUT2D eigenvalue weighted by molar-refractivity contribution is 5.40. The molecule has 0 aliphatic carbocycles. The lowest BCUT2D eigenvalue weighted by Crippen LogP contribution is -1.98. The van der Waals surface area contributed by atoms with E-state index in [0.717, 1.165) is 24.3 Å². The van der Waals surface area contributed by atoms with Gasteiger partial charge in [-0.3, -0.25) is 0 Å². The molecule has 0 aromatic heterocycles. The van der Waals surface area contributed by atoms with Crippen LogP contribution in [0.5, 0.6) is 11.5 Å². The summed E-state index contributed by atoms with van der Waals surface area (Å²) in [6.07, 6.45) is 1.89.